The normalized spacial score (nSPS) is 9.62. The fourth-order valence-corrected chi connectivity index (χ4v) is 1.17. The van der Waals surface area contributed by atoms with Crippen LogP contribution < -0.4 is 20.7 Å². The number of nitrogens with one attached hydrogen (secondary N) is 1. The van der Waals surface area contributed by atoms with Gasteiger partial charge in [-0.1, -0.05) is 12.1 Å². The van der Waals surface area contributed by atoms with Crippen LogP contribution in [0.25, 0.3) is 0 Å². The molecule has 0 aliphatic heterocycles. The van der Waals surface area contributed by atoms with Gasteiger partial charge in [-0.15, -0.1) is 0 Å². The van der Waals surface area contributed by atoms with Gasteiger partial charge in [0.1, 0.15) is 0 Å². The van der Waals surface area contributed by atoms with Gasteiger partial charge in [-0.3, -0.25) is 10.2 Å². The lowest BCUT2D eigenvalue weighted by molar-refractivity contribution is -0.121. The van der Waals surface area contributed by atoms with Crippen LogP contribution in [0.5, 0.6) is 11.5 Å². The molecule has 0 bridgehead atoms. The Morgan fingerprint density at radius 2 is 1.94 bits per heavy atom. The van der Waals surface area contributed by atoms with Crippen LogP contribution in [-0.2, 0) is 4.79 Å². The maximum absolute atomic E-state index is 10.9. The van der Waals surface area contributed by atoms with Crippen LogP contribution in [0.3, 0.4) is 0 Å². The van der Waals surface area contributed by atoms with Crippen molar-refractivity contribution in [1.82, 2.24) is 5.43 Å². The molecule has 0 atom stereocenters. The van der Waals surface area contributed by atoms with Crippen molar-refractivity contribution < 1.29 is 14.3 Å². The highest BCUT2D eigenvalue weighted by molar-refractivity contribution is 5.75. The first-order valence-corrected chi connectivity index (χ1v) is 5.12. The predicted octanol–water partition coefficient (Wildman–Crippen LogP) is 0.844. The summed E-state index contributed by atoms with van der Waals surface area (Å²) in [5.41, 5.74) is 2.04. The fraction of sp³-hybridized carbons (Fsp3) is 0.364. The highest BCUT2D eigenvalue weighted by atomic mass is 16.5. The van der Waals surface area contributed by atoms with Crippen LogP contribution in [-0.4, -0.2) is 19.1 Å². The summed E-state index contributed by atoms with van der Waals surface area (Å²) in [5, 5.41) is 0. The van der Waals surface area contributed by atoms with E-state index in [2.05, 4.69) is 0 Å². The third kappa shape index (κ3) is 3.78. The van der Waals surface area contributed by atoms with E-state index in [-0.39, 0.29) is 18.9 Å². The third-order valence-electron chi connectivity index (χ3n) is 1.90. The zero-order valence-corrected chi connectivity index (χ0v) is 9.23. The standard InChI is InChI=1S/C11H16N2O3/c1-2-15-9-5-3-4-6-10(9)16-8-7-11(14)13-12/h3-6H,2,7-8,12H2,1H3,(H,13,14). The summed E-state index contributed by atoms with van der Waals surface area (Å²) in [6.45, 7) is 2.75. The molecule has 0 saturated heterocycles. The monoisotopic (exact) mass is 224 g/mol. The molecule has 1 rings (SSSR count). The SMILES string of the molecule is CCOc1ccccc1OCCC(=O)NN. The molecule has 0 aliphatic carbocycles. The molecule has 1 aromatic carbocycles. The lowest BCUT2D eigenvalue weighted by Crippen LogP contribution is -2.31. The van der Waals surface area contributed by atoms with Crippen molar-refractivity contribution in [3.8, 4) is 11.5 Å². The van der Waals surface area contributed by atoms with E-state index in [9.17, 15) is 4.79 Å². The van der Waals surface area contributed by atoms with Gasteiger partial charge in [-0.2, -0.15) is 0 Å². The summed E-state index contributed by atoms with van der Waals surface area (Å²) in [7, 11) is 0. The van der Waals surface area contributed by atoms with E-state index in [0.29, 0.717) is 18.1 Å². The number of para-hydroxylation sites is 2. The van der Waals surface area contributed by atoms with Crippen molar-refractivity contribution in [2.24, 2.45) is 5.84 Å². The molecule has 0 aromatic heterocycles. The van der Waals surface area contributed by atoms with E-state index in [1.807, 2.05) is 30.5 Å². The molecule has 1 aromatic rings. The van der Waals surface area contributed by atoms with E-state index < -0.39 is 0 Å². The molecule has 5 heteroatoms. The van der Waals surface area contributed by atoms with Crippen molar-refractivity contribution in [3.05, 3.63) is 24.3 Å². The van der Waals surface area contributed by atoms with Gasteiger partial charge in [0, 0.05) is 0 Å². The number of carbonyl (C=O) groups excluding carboxylic acids is 1. The van der Waals surface area contributed by atoms with E-state index >= 15 is 0 Å². The topological polar surface area (TPSA) is 73.6 Å². The molecule has 16 heavy (non-hydrogen) atoms. The average molecular weight is 224 g/mol. The van der Waals surface area contributed by atoms with Crippen molar-refractivity contribution in [3.63, 3.8) is 0 Å². The zero-order chi connectivity index (χ0) is 11.8. The summed E-state index contributed by atoms with van der Waals surface area (Å²) < 4.78 is 10.8. The van der Waals surface area contributed by atoms with Crippen LogP contribution in [0.4, 0.5) is 0 Å². The zero-order valence-electron chi connectivity index (χ0n) is 9.23. The van der Waals surface area contributed by atoms with Crippen LogP contribution in [0.15, 0.2) is 24.3 Å². The molecule has 88 valence electrons. The predicted molar refractivity (Wildman–Crippen MR) is 60.1 cm³/mol. The minimum Gasteiger partial charge on any atom is -0.490 e. The molecule has 5 nitrogen and oxygen atoms in total. The Kier molecular flexibility index (Phi) is 5.15. The van der Waals surface area contributed by atoms with Crippen LogP contribution in [0.1, 0.15) is 13.3 Å². The average Bonchev–Trinajstić information content (AvgIpc) is 2.31. The lowest BCUT2D eigenvalue weighted by Gasteiger charge is -2.10. The number of benzene rings is 1. The second-order valence-electron chi connectivity index (χ2n) is 3.05. The smallest absolute Gasteiger partial charge is 0.237 e. The fourth-order valence-electron chi connectivity index (χ4n) is 1.17. The van der Waals surface area contributed by atoms with E-state index in [1.54, 1.807) is 6.07 Å². The molecule has 1 amide bonds. The third-order valence-corrected chi connectivity index (χ3v) is 1.90. The van der Waals surface area contributed by atoms with Gasteiger partial charge in [-0.25, -0.2) is 5.84 Å². The summed E-state index contributed by atoms with van der Waals surface area (Å²) in [4.78, 5) is 10.9. The van der Waals surface area contributed by atoms with Gasteiger partial charge in [0.05, 0.1) is 19.6 Å². The second kappa shape index (κ2) is 6.68. The molecule has 0 unspecified atom stereocenters. The number of hydrazine groups is 1. The Labute approximate surface area is 94.5 Å². The van der Waals surface area contributed by atoms with Crippen molar-refractivity contribution in [2.45, 2.75) is 13.3 Å². The number of amides is 1. The minimum atomic E-state index is -0.256. The molecule has 0 heterocycles. The minimum absolute atomic E-state index is 0.219. The Morgan fingerprint density at radius 3 is 2.50 bits per heavy atom. The van der Waals surface area contributed by atoms with E-state index in [0.717, 1.165) is 0 Å². The Morgan fingerprint density at radius 1 is 1.31 bits per heavy atom. The summed E-state index contributed by atoms with van der Waals surface area (Å²) in [5.74, 6) is 6.01. The Hall–Kier alpha value is -1.75. The van der Waals surface area contributed by atoms with Gasteiger partial charge in [0.15, 0.2) is 11.5 Å². The molecule has 0 saturated carbocycles. The summed E-state index contributed by atoms with van der Waals surface area (Å²) >= 11 is 0. The van der Waals surface area contributed by atoms with E-state index in [1.165, 1.54) is 0 Å². The van der Waals surface area contributed by atoms with Crippen molar-refractivity contribution in [2.75, 3.05) is 13.2 Å². The summed E-state index contributed by atoms with van der Waals surface area (Å²) in [6, 6.07) is 7.33. The highest BCUT2D eigenvalue weighted by Crippen LogP contribution is 2.26. The molecular formula is C11H16N2O3. The highest BCUT2D eigenvalue weighted by Gasteiger charge is 2.04. The van der Waals surface area contributed by atoms with Crippen molar-refractivity contribution in [1.29, 1.82) is 0 Å². The molecular weight excluding hydrogens is 208 g/mol. The maximum atomic E-state index is 10.9. The number of ether oxygens (including phenoxy) is 2. The van der Waals surface area contributed by atoms with Crippen LogP contribution >= 0.6 is 0 Å². The van der Waals surface area contributed by atoms with Gasteiger partial charge < -0.3 is 9.47 Å². The van der Waals surface area contributed by atoms with Gasteiger partial charge in [0.25, 0.3) is 0 Å². The number of hydrogen-bond acceptors (Lipinski definition) is 4. The van der Waals surface area contributed by atoms with Crippen LogP contribution in [0.2, 0.25) is 0 Å². The number of hydrogen-bond donors (Lipinski definition) is 2. The van der Waals surface area contributed by atoms with Gasteiger partial charge in [-0.05, 0) is 19.1 Å². The number of rotatable bonds is 6. The molecule has 0 spiro atoms. The molecule has 0 fully saturated rings. The first-order chi connectivity index (χ1) is 7.77. The van der Waals surface area contributed by atoms with Gasteiger partial charge >= 0.3 is 0 Å². The van der Waals surface area contributed by atoms with Crippen LogP contribution in [0, 0.1) is 0 Å². The first kappa shape index (κ1) is 12.3. The molecule has 3 N–H and O–H groups in total. The number of nitrogens with two attached hydrogens (primary N) is 1. The molecule has 0 radical (unpaired) electrons. The summed E-state index contributed by atoms with van der Waals surface area (Å²) in [6.07, 6.45) is 0.219. The Balaban J connectivity index is 2.49. The largest absolute Gasteiger partial charge is 0.490 e. The molecule has 0 aliphatic rings. The second-order valence-corrected chi connectivity index (χ2v) is 3.05. The maximum Gasteiger partial charge on any atom is 0.237 e. The lowest BCUT2D eigenvalue weighted by atomic mass is 10.3. The number of carbonyl (C=O) groups is 1. The van der Waals surface area contributed by atoms with E-state index in [4.69, 9.17) is 15.3 Å². The first-order valence-electron chi connectivity index (χ1n) is 5.12. The quantitative estimate of drug-likeness (QED) is 0.426. The Bertz CT molecular complexity index is 342. The van der Waals surface area contributed by atoms with Crippen molar-refractivity contribution >= 4 is 5.91 Å². The van der Waals surface area contributed by atoms with Gasteiger partial charge in [0.2, 0.25) is 5.91 Å².